The van der Waals surface area contributed by atoms with Crippen molar-refractivity contribution in [1.29, 1.82) is 0 Å². The van der Waals surface area contributed by atoms with Crippen molar-refractivity contribution in [2.45, 2.75) is 26.8 Å². The zero-order valence-electron chi connectivity index (χ0n) is 11.5. The maximum atomic E-state index is 12.3. The fraction of sp³-hybridized carbons (Fsp3) is 0.333. The Kier molecular flexibility index (Phi) is 4.00. The number of aromatic nitrogens is 2. The predicted molar refractivity (Wildman–Crippen MR) is 73.7 cm³/mol. The second-order valence-corrected chi connectivity index (χ2v) is 4.51. The third-order valence-corrected chi connectivity index (χ3v) is 3.03. The summed E-state index contributed by atoms with van der Waals surface area (Å²) < 4.78 is 7.06. The summed E-state index contributed by atoms with van der Waals surface area (Å²) in [5.41, 5.74) is 2.61. The number of carbonyl (C=O) groups excluding carboxylic acids is 1. The van der Waals surface area contributed by atoms with Gasteiger partial charge in [-0.1, -0.05) is 11.6 Å². The van der Waals surface area contributed by atoms with Crippen molar-refractivity contribution >= 4 is 5.78 Å². The van der Waals surface area contributed by atoms with Crippen molar-refractivity contribution in [1.82, 2.24) is 9.78 Å². The lowest BCUT2D eigenvalue weighted by Crippen LogP contribution is -2.06. The van der Waals surface area contributed by atoms with Gasteiger partial charge in [0.05, 0.1) is 18.9 Å². The van der Waals surface area contributed by atoms with Gasteiger partial charge in [0.1, 0.15) is 5.75 Å². The van der Waals surface area contributed by atoms with Crippen molar-refractivity contribution in [3.63, 3.8) is 0 Å². The number of methoxy groups -OCH3 is 1. The summed E-state index contributed by atoms with van der Waals surface area (Å²) in [5.74, 6) is 0.676. The van der Waals surface area contributed by atoms with E-state index in [-0.39, 0.29) is 5.78 Å². The molecular weight excluding hydrogens is 240 g/mol. The van der Waals surface area contributed by atoms with Gasteiger partial charge in [0, 0.05) is 19.2 Å². The molecule has 1 heterocycles. The first-order chi connectivity index (χ1) is 9.13. The van der Waals surface area contributed by atoms with E-state index in [0.29, 0.717) is 17.7 Å². The highest BCUT2D eigenvalue weighted by molar-refractivity contribution is 6.00. The van der Waals surface area contributed by atoms with Crippen LogP contribution in [0.3, 0.4) is 0 Å². The molecule has 0 aliphatic heterocycles. The molecule has 100 valence electrons. The molecule has 1 aromatic heterocycles. The number of hydrogen-bond donors (Lipinski definition) is 0. The molecule has 0 aliphatic carbocycles. The number of rotatable bonds is 5. The van der Waals surface area contributed by atoms with E-state index in [0.717, 1.165) is 17.7 Å². The second kappa shape index (κ2) is 5.69. The number of Topliss-reactive ketones (excluding diaryl/α,β-unsaturated/α-hetero) is 1. The fourth-order valence-corrected chi connectivity index (χ4v) is 1.99. The first-order valence-corrected chi connectivity index (χ1v) is 6.33. The molecule has 2 aromatic rings. The molecule has 0 spiro atoms. The van der Waals surface area contributed by atoms with Gasteiger partial charge in [-0.15, -0.1) is 0 Å². The molecule has 0 aliphatic rings. The van der Waals surface area contributed by atoms with Crippen LogP contribution in [0.2, 0.25) is 0 Å². The average Bonchev–Trinajstić information content (AvgIpc) is 2.86. The van der Waals surface area contributed by atoms with E-state index < -0.39 is 0 Å². The van der Waals surface area contributed by atoms with Gasteiger partial charge in [-0.3, -0.25) is 9.48 Å². The summed E-state index contributed by atoms with van der Waals surface area (Å²) in [6.07, 6.45) is 3.99. The first kappa shape index (κ1) is 13.3. The van der Waals surface area contributed by atoms with Crippen molar-refractivity contribution in [3.05, 3.63) is 47.3 Å². The van der Waals surface area contributed by atoms with Gasteiger partial charge in [-0.2, -0.15) is 5.10 Å². The molecule has 0 atom stereocenters. The van der Waals surface area contributed by atoms with E-state index in [1.54, 1.807) is 13.3 Å². The van der Waals surface area contributed by atoms with Crippen LogP contribution in [0.15, 0.2) is 30.6 Å². The van der Waals surface area contributed by atoms with Crippen LogP contribution in [0.1, 0.15) is 28.4 Å². The van der Waals surface area contributed by atoms with Gasteiger partial charge in [0.2, 0.25) is 0 Å². The summed E-state index contributed by atoms with van der Waals surface area (Å²) in [7, 11) is 1.58. The topological polar surface area (TPSA) is 44.1 Å². The molecule has 0 saturated carbocycles. The summed E-state index contributed by atoms with van der Waals surface area (Å²) in [6, 6.07) is 5.63. The molecule has 0 fully saturated rings. The second-order valence-electron chi connectivity index (χ2n) is 4.51. The van der Waals surface area contributed by atoms with Crippen LogP contribution in [0.4, 0.5) is 0 Å². The third kappa shape index (κ3) is 3.02. The van der Waals surface area contributed by atoms with Gasteiger partial charge < -0.3 is 4.74 Å². The van der Waals surface area contributed by atoms with Crippen LogP contribution in [0.5, 0.6) is 5.75 Å². The Balaban J connectivity index is 2.21. The Morgan fingerprint density at radius 2 is 2.21 bits per heavy atom. The third-order valence-electron chi connectivity index (χ3n) is 3.03. The minimum Gasteiger partial charge on any atom is -0.496 e. The molecule has 0 saturated heterocycles. The van der Waals surface area contributed by atoms with Crippen LogP contribution in [-0.4, -0.2) is 22.7 Å². The summed E-state index contributed by atoms with van der Waals surface area (Å²) >= 11 is 0. The summed E-state index contributed by atoms with van der Waals surface area (Å²) in [6.45, 7) is 4.79. The molecule has 19 heavy (non-hydrogen) atoms. The van der Waals surface area contributed by atoms with Gasteiger partial charge in [-0.25, -0.2) is 0 Å². The highest BCUT2D eigenvalue weighted by Gasteiger charge is 2.14. The van der Waals surface area contributed by atoms with Crippen LogP contribution >= 0.6 is 0 Å². The molecule has 0 unspecified atom stereocenters. The van der Waals surface area contributed by atoms with Gasteiger partial charge in [0.15, 0.2) is 5.78 Å². The standard InChI is InChI=1S/C15H18N2O2/c1-4-17-10-12(9-16-17)8-14(18)13-7-11(2)5-6-15(13)19-3/h5-7,9-10H,4,8H2,1-3H3. The average molecular weight is 258 g/mol. The maximum Gasteiger partial charge on any atom is 0.171 e. The lowest BCUT2D eigenvalue weighted by molar-refractivity contribution is 0.0990. The molecule has 4 nitrogen and oxygen atoms in total. The van der Waals surface area contributed by atoms with Crippen molar-refractivity contribution in [2.75, 3.05) is 7.11 Å². The lowest BCUT2D eigenvalue weighted by atomic mass is 10.0. The number of benzene rings is 1. The number of ketones is 1. The lowest BCUT2D eigenvalue weighted by Gasteiger charge is -2.08. The molecule has 4 heteroatoms. The number of ether oxygens (including phenoxy) is 1. The Labute approximate surface area is 113 Å². The summed E-state index contributed by atoms with van der Waals surface area (Å²) in [4.78, 5) is 12.3. The largest absolute Gasteiger partial charge is 0.496 e. The molecule has 0 radical (unpaired) electrons. The first-order valence-electron chi connectivity index (χ1n) is 6.33. The Bertz CT molecular complexity index is 588. The van der Waals surface area contributed by atoms with Crippen LogP contribution < -0.4 is 4.74 Å². The maximum absolute atomic E-state index is 12.3. The molecule has 0 amide bonds. The fourth-order valence-electron chi connectivity index (χ4n) is 1.99. The van der Waals surface area contributed by atoms with E-state index in [9.17, 15) is 4.79 Å². The van der Waals surface area contributed by atoms with E-state index in [1.165, 1.54) is 0 Å². The van der Waals surface area contributed by atoms with Crippen molar-refractivity contribution in [2.24, 2.45) is 0 Å². The van der Waals surface area contributed by atoms with Crippen molar-refractivity contribution in [3.8, 4) is 5.75 Å². The quantitative estimate of drug-likeness (QED) is 0.774. The zero-order valence-corrected chi connectivity index (χ0v) is 11.5. The smallest absolute Gasteiger partial charge is 0.171 e. The molecule has 0 N–H and O–H groups in total. The summed E-state index contributed by atoms with van der Waals surface area (Å²) in [5, 5.41) is 4.17. The predicted octanol–water partition coefficient (Wildman–Crippen LogP) is 2.65. The van der Waals surface area contributed by atoms with Crippen LogP contribution in [0, 0.1) is 6.92 Å². The van der Waals surface area contributed by atoms with Gasteiger partial charge in [-0.05, 0) is 31.5 Å². The minimum atomic E-state index is 0.0520. The SMILES string of the molecule is CCn1cc(CC(=O)c2cc(C)ccc2OC)cn1. The minimum absolute atomic E-state index is 0.0520. The van der Waals surface area contributed by atoms with Gasteiger partial charge in [0.25, 0.3) is 0 Å². The van der Waals surface area contributed by atoms with E-state index in [4.69, 9.17) is 4.74 Å². The monoisotopic (exact) mass is 258 g/mol. The number of carbonyl (C=O) groups is 1. The van der Waals surface area contributed by atoms with E-state index in [1.807, 2.05) is 42.9 Å². The van der Waals surface area contributed by atoms with Crippen molar-refractivity contribution < 1.29 is 9.53 Å². The Morgan fingerprint density at radius 3 is 2.84 bits per heavy atom. The zero-order chi connectivity index (χ0) is 13.8. The van der Waals surface area contributed by atoms with Crippen LogP contribution in [-0.2, 0) is 13.0 Å². The molecule has 1 aromatic carbocycles. The highest BCUT2D eigenvalue weighted by atomic mass is 16.5. The number of nitrogens with zero attached hydrogens (tertiary/aromatic N) is 2. The normalized spacial score (nSPS) is 10.5. The Hall–Kier alpha value is -2.10. The van der Waals surface area contributed by atoms with E-state index >= 15 is 0 Å². The number of aryl methyl sites for hydroxylation is 2. The van der Waals surface area contributed by atoms with E-state index in [2.05, 4.69) is 5.10 Å². The molecular formula is C15H18N2O2. The Morgan fingerprint density at radius 1 is 1.42 bits per heavy atom. The molecule has 2 rings (SSSR count). The highest BCUT2D eigenvalue weighted by Crippen LogP contribution is 2.21. The van der Waals surface area contributed by atoms with Gasteiger partial charge >= 0.3 is 0 Å². The number of hydrogen-bond acceptors (Lipinski definition) is 3. The molecule has 0 bridgehead atoms. The van der Waals surface area contributed by atoms with Crippen LogP contribution in [0.25, 0.3) is 0 Å².